The zero-order valence-electron chi connectivity index (χ0n) is 11.8. The van der Waals surface area contributed by atoms with Gasteiger partial charge in [-0.2, -0.15) is 0 Å². The predicted molar refractivity (Wildman–Crippen MR) is 75.3 cm³/mol. The van der Waals surface area contributed by atoms with Gasteiger partial charge in [-0.05, 0) is 30.4 Å². The van der Waals surface area contributed by atoms with Gasteiger partial charge in [0.15, 0.2) is 0 Å². The van der Waals surface area contributed by atoms with Crippen molar-refractivity contribution < 1.29 is 14.6 Å². The Hall–Kier alpha value is -1.39. The molecule has 0 spiro atoms. The Morgan fingerprint density at radius 2 is 2.10 bits per heavy atom. The van der Waals surface area contributed by atoms with Gasteiger partial charge >= 0.3 is 5.97 Å². The summed E-state index contributed by atoms with van der Waals surface area (Å²) in [5.74, 6) is -0.810. The maximum absolute atomic E-state index is 11.3. The molecule has 4 heteroatoms. The fourth-order valence-corrected chi connectivity index (χ4v) is 3.82. The lowest BCUT2D eigenvalue weighted by Gasteiger charge is -2.24. The quantitative estimate of drug-likeness (QED) is 0.895. The van der Waals surface area contributed by atoms with E-state index in [4.69, 9.17) is 4.74 Å². The van der Waals surface area contributed by atoms with Gasteiger partial charge in [0, 0.05) is 25.7 Å². The van der Waals surface area contributed by atoms with Crippen molar-refractivity contribution in [3.63, 3.8) is 0 Å². The minimum absolute atomic E-state index is 0.177. The Bertz CT molecular complexity index is 502. The van der Waals surface area contributed by atoms with Crippen LogP contribution in [0.1, 0.15) is 30.4 Å². The van der Waals surface area contributed by atoms with E-state index in [1.165, 1.54) is 11.1 Å². The molecule has 4 nitrogen and oxygen atoms in total. The van der Waals surface area contributed by atoms with Crippen molar-refractivity contribution in [3.05, 3.63) is 35.4 Å². The minimum atomic E-state index is -0.632. The molecule has 0 aliphatic carbocycles. The zero-order chi connectivity index (χ0) is 14.1. The van der Waals surface area contributed by atoms with E-state index in [0.717, 1.165) is 25.8 Å². The number of carboxylic acid groups (broad SMARTS) is 1. The molecule has 0 radical (unpaired) electrons. The molecule has 1 aromatic carbocycles. The number of carboxylic acids is 1. The van der Waals surface area contributed by atoms with Crippen molar-refractivity contribution in [1.29, 1.82) is 0 Å². The van der Waals surface area contributed by atoms with Gasteiger partial charge in [0.2, 0.25) is 0 Å². The van der Waals surface area contributed by atoms with Gasteiger partial charge in [-0.3, -0.25) is 9.69 Å². The molecule has 2 aliphatic rings. The van der Waals surface area contributed by atoms with Crippen molar-refractivity contribution >= 4 is 5.97 Å². The molecule has 20 heavy (non-hydrogen) atoms. The van der Waals surface area contributed by atoms with Gasteiger partial charge < -0.3 is 9.84 Å². The van der Waals surface area contributed by atoms with Crippen molar-refractivity contribution in [1.82, 2.24) is 4.90 Å². The Balaban J connectivity index is 1.77. The number of aliphatic carboxylic acids is 1. The molecule has 3 unspecified atom stereocenters. The number of hydrogen-bond donors (Lipinski definition) is 1. The van der Waals surface area contributed by atoms with Crippen LogP contribution >= 0.6 is 0 Å². The summed E-state index contributed by atoms with van der Waals surface area (Å²) in [6.07, 6.45) is 2.97. The molecule has 0 aromatic heterocycles. The van der Waals surface area contributed by atoms with Crippen LogP contribution in [-0.4, -0.2) is 35.2 Å². The summed E-state index contributed by atoms with van der Waals surface area (Å²) in [6, 6.07) is 8.94. The van der Waals surface area contributed by atoms with Crippen LogP contribution in [0, 0.1) is 5.92 Å². The maximum Gasteiger partial charge on any atom is 0.308 e. The standard InChI is InChI=1S/C16H21NO3/c1-20-10-12-5-3-2-4-11(12)9-17-13-6-7-15(17)14(8-13)16(18)19/h2-5,13-15H,6-10H2,1H3,(H,18,19). The molecule has 2 bridgehead atoms. The second-order valence-electron chi connectivity index (χ2n) is 5.85. The van der Waals surface area contributed by atoms with Crippen LogP contribution < -0.4 is 0 Å². The second kappa shape index (κ2) is 5.54. The zero-order valence-corrected chi connectivity index (χ0v) is 11.8. The Labute approximate surface area is 119 Å². The summed E-state index contributed by atoms with van der Waals surface area (Å²) in [7, 11) is 1.71. The summed E-state index contributed by atoms with van der Waals surface area (Å²) >= 11 is 0. The molecule has 3 atom stereocenters. The molecule has 1 aromatic rings. The fraction of sp³-hybridized carbons (Fsp3) is 0.562. The van der Waals surface area contributed by atoms with Crippen LogP contribution in [0.3, 0.4) is 0 Å². The molecular formula is C16H21NO3. The van der Waals surface area contributed by atoms with Crippen LogP contribution in [-0.2, 0) is 22.7 Å². The van der Waals surface area contributed by atoms with Crippen molar-refractivity contribution in [2.75, 3.05) is 7.11 Å². The summed E-state index contributed by atoms with van der Waals surface area (Å²) in [5, 5.41) is 9.31. The largest absolute Gasteiger partial charge is 0.481 e. The Morgan fingerprint density at radius 3 is 2.75 bits per heavy atom. The highest BCUT2D eigenvalue weighted by Gasteiger charge is 2.49. The van der Waals surface area contributed by atoms with Crippen molar-refractivity contribution in [3.8, 4) is 0 Å². The predicted octanol–water partition coefficient (Wildman–Crippen LogP) is 2.27. The molecule has 2 aliphatic heterocycles. The lowest BCUT2D eigenvalue weighted by molar-refractivity contribution is -0.142. The SMILES string of the molecule is COCc1ccccc1CN1C2CCC1C(C(=O)O)C2. The third-order valence-electron chi connectivity index (χ3n) is 4.77. The van der Waals surface area contributed by atoms with Crippen LogP contribution in [0.25, 0.3) is 0 Å². The molecule has 2 fully saturated rings. The molecule has 2 saturated heterocycles. The van der Waals surface area contributed by atoms with Crippen LogP contribution in [0.15, 0.2) is 24.3 Å². The van der Waals surface area contributed by atoms with Gasteiger partial charge in [-0.25, -0.2) is 0 Å². The van der Waals surface area contributed by atoms with Gasteiger partial charge in [0.25, 0.3) is 0 Å². The van der Waals surface area contributed by atoms with Gasteiger partial charge in [0.1, 0.15) is 0 Å². The third-order valence-corrected chi connectivity index (χ3v) is 4.77. The number of rotatable bonds is 5. The molecule has 2 heterocycles. The van der Waals surface area contributed by atoms with E-state index in [9.17, 15) is 9.90 Å². The van der Waals surface area contributed by atoms with E-state index in [0.29, 0.717) is 12.6 Å². The maximum atomic E-state index is 11.3. The van der Waals surface area contributed by atoms with Gasteiger partial charge in [-0.15, -0.1) is 0 Å². The Morgan fingerprint density at radius 1 is 1.35 bits per heavy atom. The summed E-state index contributed by atoms with van der Waals surface area (Å²) < 4.78 is 5.25. The number of methoxy groups -OCH3 is 1. The summed E-state index contributed by atoms with van der Waals surface area (Å²) in [6.45, 7) is 1.46. The average Bonchev–Trinajstić information content (AvgIpc) is 2.98. The molecule has 3 rings (SSSR count). The first-order chi connectivity index (χ1) is 9.70. The Kier molecular flexibility index (Phi) is 3.76. The first-order valence-corrected chi connectivity index (χ1v) is 7.25. The highest BCUT2D eigenvalue weighted by Crippen LogP contribution is 2.42. The molecule has 0 saturated carbocycles. The van der Waals surface area contributed by atoms with E-state index in [-0.39, 0.29) is 12.0 Å². The van der Waals surface area contributed by atoms with Crippen LogP contribution in [0.2, 0.25) is 0 Å². The van der Waals surface area contributed by atoms with Gasteiger partial charge in [-0.1, -0.05) is 24.3 Å². The molecule has 1 N–H and O–H groups in total. The molecule has 0 amide bonds. The average molecular weight is 275 g/mol. The number of benzene rings is 1. The first-order valence-electron chi connectivity index (χ1n) is 7.25. The second-order valence-corrected chi connectivity index (χ2v) is 5.85. The van der Waals surface area contributed by atoms with E-state index in [1.807, 2.05) is 12.1 Å². The molecular weight excluding hydrogens is 254 g/mol. The van der Waals surface area contributed by atoms with E-state index < -0.39 is 5.97 Å². The number of fused-ring (bicyclic) bond motifs is 2. The number of carbonyl (C=O) groups is 1. The lowest BCUT2D eigenvalue weighted by Crippen LogP contribution is -2.32. The van der Waals surface area contributed by atoms with E-state index in [1.54, 1.807) is 7.11 Å². The third kappa shape index (κ3) is 2.34. The molecule has 108 valence electrons. The normalized spacial score (nSPS) is 28.9. The minimum Gasteiger partial charge on any atom is -0.481 e. The summed E-state index contributed by atoms with van der Waals surface area (Å²) in [4.78, 5) is 13.7. The van der Waals surface area contributed by atoms with Crippen LogP contribution in [0.4, 0.5) is 0 Å². The summed E-state index contributed by atoms with van der Waals surface area (Å²) in [5.41, 5.74) is 2.46. The van der Waals surface area contributed by atoms with Gasteiger partial charge in [0.05, 0.1) is 12.5 Å². The van der Waals surface area contributed by atoms with Crippen LogP contribution in [0.5, 0.6) is 0 Å². The van der Waals surface area contributed by atoms with Crippen molar-refractivity contribution in [2.24, 2.45) is 5.92 Å². The van der Waals surface area contributed by atoms with E-state index >= 15 is 0 Å². The number of hydrogen-bond acceptors (Lipinski definition) is 3. The first kappa shape index (κ1) is 13.6. The monoisotopic (exact) mass is 275 g/mol. The number of nitrogens with zero attached hydrogens (tertiary/aromatic N) is 1. The van der Waals surface area contributed by atoms with Crippen molar-refractivity contribution in [2.45, 2.75) is 44.5 Å². The number of ether oxygens (including phenoxy) is 1. The highest BCUT2D eigenvalue weighted by atomic mass is 16.5. The fourth-order valence-electron chi connectivity index (χ4n) is 3.82. The lowest BCUT2D eigenvalue weighted by atomic mass is 9.89. The van der Waals surface area contributed by atoms with E-state index in [2.05, 4.69) is 17.0 Å². The smallest absolute Gasteiger partial charge is 0.308 e. The topological polar surface area (TPSA) is 49.8 Å². The highest BCUT2D eigenvalue weighted by molar-refractivity contribution is 5.71.